The van der Waals surface area contributed by atoms with E-state index in [9.17, 15) is 31.9 Å². The molecule has 1 heterocycles. The number of aromatic carboxylic acids is 1. The summed E-state index contributed by atoms with van der Waals surface area (Å²) in [5.41, 5.74) is 0.908. The molecule has 5 fully saturated rings. The van der Waals surface area contributed by atoms with Crippen molar-refractivity contribution in [2.45, 2.75) is 112 Å². The summed E-state index contributed by atoms with van der Waals surface area (Å²) in [6.45, 7) is 21.1. The largest absolute Gasteiger partial charge is 0.477 e. The maximum absolute atomic E-state index is 15.0. The molecular weight excluding hydrogens is 719 g/mol. The lowest BCUT2D eigenvalue weighted by Crippen LogP contribution is -2.62. The van der Waals surface area contributed by atoms with E-state index in [4.69, 9.17) is 0 Å². The van der Waals surface area contributed by atoms with Gasteiger partial charge in [0.05, 0.1) is 16.9 Å². The minimum atomic E-state index is -2.92. The Bertz CT molecular complexity index is 1860. The van der Waals surface area contributed by atoms with E-state index >= 15 is 0 Å². The van der Waals surface area contributed by atoms with E-state index in [2.05, 4.69) is 64.4 Å². The molecule has 7 nitrogen and oxygen atoms in total. The number of allylic oxidation sites excluding steroid dienone is 3. The van der Waals surface area contributed by atoms with E-state index in [0.717, 1.165) is 82.7 Å². The topological polar surface area (TPSA) is 104 Å². The first-order chi connectivity index (χ1) is 25.7. The summed E-state index contributed by atoms with van der Waals surface area (Å²) in [6, 6.07) is 2.41. The van der Waals surface area contributed by atoms with Crippen molar-refractivity contribution < 1.29 is 31.9 Å². The first-order valence-electron chi connectivity index (χ1n) is 21.0. The van der Waals surface area contributed by atoms with Gasteiger partial charge in [0.25, 0.3) is 0 Å². The molecule has 0 aromatic heterocycles. The van der Waals surface area contributed by atoms with Gasteiger partial charge in [-0.3, -0.25) is 4.79 Å². The number of hydrogen-bond acceptors (Lipinski definition) is 5. The summed E-state index contributed by atoms with van der Waals surface area (Å²) in [6.07, 6.45) is 13.0. The second-order valence-corrected chi connectivity index (χ2v) is 22.3. The molecular formula is C45H64F2N2O5S. The SMILES string of the molecule is C=C(C)C1CCC2(C(=O)NCCCN3CCS(=O)(=O)CC3)CCC3(C)C(CCC4C5(C)CC=C(c6cc(F)c(C(=O)O)c(F)c6)C(C)(C)C5CCC43C)CC12. The lowest BCUT2D eigenvalue weighted by atomic mass is 9.35. The Labute approximate surface area is 328 Å². The summed E-state index contributed by atoms with van der Waals surface area (Å²) >= 11 is 0. The lowest BCUT2D eigenvalue weighted by Gasteiger charge is -2.69. The maximum Gasteiger partial charge on any atom is 0.341 e. The highest BCUT2D eigenvalue weighted by molar-refractivity contribution is 7.91. The molecule has 55 heavy (non-hydrogen) atoms. The fourth-order valence-corrected chi connectivity index (χ4v) is 15.5. The van der Waals surface area contributed by atoms with E-state index in [1.165, 1.54) is 17.7 Å². The summed E-state index contributed by atoms with van der Waals surface area (Å²) in [4.78, 5) is 28.3. The molecule has 0 bridgehead atoms. The molecule has 304 valence electrons. The Kier molecular flexibility index (Phi) is 10.4. The van der Waals surface area contributed by atoms with Crippen molar-refractivity contribution in [2.75, 3.05) is 37.7 Å². The van der Waals surface area contributed by atoms with Crippen LogP contribution < -0.4 is 5.32 Å². The smallest absolute Gasteiger partial charge is 0.341 e. The van der Waals surface area contributed by atoms with Crippen LogP contribution in [0.25, 0.3) is 5.57 Å². The van der Waals surface area contributed by atoms with Gasteiger partial charge in [0, 0.05) is 19.6 Å². The predicted molar refractivity (Wildman–Crippen MR) is 213 cm³/mol. The zero-order valence-corrected chi connectivity index (χ0v) is 34.9. The number of nitrogens with one attached hydrogen (secondary N) is 1. The normalized spacial score (nSPS) is 39.3. The Morgan fingerprint density at radius 3 is 2.24 bits per heavy atom. The molecule has 4 saturated carbocycles. The molecule has 1 aliphatic heterocycles. The van der Waals surface area contributed by atoms with Gasteiger partial charge >= 0.3 is 5.97 Å². The van der Waals surface area contributed by atoms with E-state index in [1.54, 1.807) is 0 Å². The highest BCUT2D eigenvalue weighted by Crippen LogP contribution is 2.75. The summed E-state index contributed by atoms with van der Waals surface area (Å²) < 4.78 is 53.8. The summed E-state index contributed by atoms with van der Waals surface area (Å²) in [5.74, 6) is -1.19. The van der Waals surface area contributed by atoms with Crippen molar-refractivity contribution in [3.05, 3.63) is 53.1 Å². The number of benzene rings is 1. The number of amides is 1. The van der Waals surface area contributed by atoms with Gasteiger partial charge in [0.1, 0.15) is 17.2 Å². The fraction of sp³-hybridized carbons (Fsp3) is 0.733. The molecule has 7 rings (SSSR count). The quantitative estimate of drug-likeness (QED) is 0.202. The third-order valence-corrected chi connectivity index (χ3v) is 19.0. The summed E-state index contributed by atoms with van der Waals surface area (Å²) in [7, 11) is -2.92. The standard InChI is InChI=1S/C45H64F2N2O5S/c1-28(2)31-11-16-45(40(52)48-19-8-20-49-21-23-55(53,54)24-22-49)18-17-43(6)30(27-33(31)45)9-10-37-42(5)14-12-32(41(3,4)36(42)13-15-44(37,43)7)29-25-34(46)38(39(50)51)35(47)26-29/h12,25-26,30-31,33,36-37H,1,8-11,13-24,27H2,2-7H3,(H,48,52)(H,50,51). The molecule has 0 radical (unpaired) electrons. The Morgan fingerprint density at radius 1 is 0.927 bits per heavy atom. The van der Waals surface area contributed by atoms with Crippen molar-refractivity contribution in [1.29, 1.82) is 0 Å². The van der Waals surface area contributed by atoms with Crippen LogP contribution in [0.5, 0.6) is 0 Å². The van der Waals surface area contributed by atoms with Gasteiger partial charge in [-0.15, -0.1) is 0 Å². The van der Waals surface area contributed by atoms with E-state index in [1.807, 2.05) is 0 Å². The van der Waals surface area contributed by atoms with E-state index in [0.29, 0.717) is 43.0 Å². The number of carbonyl (C=O) groups excluding carboxylic acids is 1. The Hall–Kier alpha value is -2.59. The number of rotatable bonds is 8. The highest BCUT2D eigenvalue weighted by Gasteiger charge is 2.68. The molecule has 1 amide bonds. The van der Waals surface area contributed by atoms with Crippen LogP contribution in [-0.4, -0.2) is 68.0 Å². The number of carboxylic acids is 1. The Morgan fingerprint density at radius 2 is 1.60 bits per heavy atom. The van der Waals surface area contributed by atoms with E-state index in [-0.39, 0.29) is 50.9 Å². The van der Waals surface area contributed by atoms with Gasteiger partial charge in [0.15, 0.2) is 9.84 Å². The van der Waals surface area contributed by atoms with Gasteiger partial charge in [-0.05, 0) is 159 Å². The number of carbonyl (C=O) groups is 2. The molecule has 9 unspecified atom stereocenters. The number of hydrogen-bond donors (Lipinski definition) is 2. The average Bonchev–Trinajstić information content (AvgIpc) is 3.40. The van der Waals surface area contributed by atoms with Crippen LogP contribution in [0.3, 0.4) is 0 Å². The van der Waals surface area contributed by atoms with Crippen molar-refractivity contribution >= 4 is 27.3 Å². The zero-order chi connectivity index (χ0) is 39.9. The number of fused-ring (bicyclic) bond motifs is 6. The van der Waals surface area contributed by atoms with Crippen LogP contribution >= 0.6 is 0 Å². The van der Waals surface area contributed by atoms with Gasteiger partial charge in [-0.25, -0.2) is 22.0 Å². The van der Waals surface area contributed by atoms with Gasteiger partial charge in [-0.1, -0.05) is 52.8 Å². The van der Waals surface area contributed by atoms with Crippen LogP contribution in [0, 0.1) is 68.3 Å². The molecule has 1 aromatic carbocycles. The lowest BCUT2D eigenvalue weighted by molar-refractivity contribution is -0.192. The minimum Gasteiger partial charge on any atom is -0.477 e. The van der Waals surface area contributed by atoms with Gasteiger partial charge in [-0.2, -0.15) is 0 Å². The maximum atomic E-state index is 15.0. The fourth-order valence-electron chi connectivity index (χ4n) is 14.3. The van der Waals surface area contributed by atoms with Crippen molar-refractivity contribution in [2.24, 2.45) is 56.7 Å². The average molecular weight is 783 g/mol. The van der Waals surface area contributed by atoms with Crippen LogP contribution in [0.2, 0.25) is 0 Å². The highest BCUT2D eigenvalue weighted by atomic mass is 32.2. The Balaban J connectivity index is 1.13. The first kappa shape index (κ1) is 40.6. The molecule has 9 atom stereocenters. The molecule has 5 aliphatic carbocycles. The second-order valence-electron chi connectivity index (χ2n) is 20.0. The second kappa shape index (κ2) is 14.1. The third-order valence-electron chi connectivity index (χ3n) is 17.4. The van der Waals surface area contributed by atoms with Crippen LogP contribution in [0.15, 0.2) is 30.4 Å². The minimum absolute atomic E-state index is 0.0257. The molecule has 0 spiro atoms. The number of sulfone groups is 1. The van der Waals surface area contributed by atoms with Crippen LogP contribution in [0.1, 0.15) is 128 Å². The molecule has 6 aliphatic rings. The molecule has 1 aromatic rings. The third kappa shape index (κ3) is 6.46. The summed E-state index contributed by atoms with van der Waals surface area (Å²) in [5, 5.41) is 12.8. The van der Waals surface area contributed by atoms with Gasteiger partial charge in [0.2, 0.25) is 5.91 Å². The zero-order valence-electron chi connectivity index (χ0n) is 34.0. The van der Waals surface area contributed by atoms with Crippen LogP contribution in [0.4, 0.5) is 8.78 Å². The van der Waals surface area contributed by atoms with Crippen molar-refractivity contribution in [3.8, 4) is 0 Å². The van der Waals surface area contributed by atoms with Gasteiger partial charge < -0.3 is 15.3 Å². The van der Waals surface area contributed by atoms with Crippen LogP contribution in [-0.2, 0) is 14.6 Å². The molecule has 10 heteroatoms. The van der Waals surface area contributed by atoms with Crippen molar-refractivity contribution in [3.63, 3.8) is 0 Å². The van der Waals surface area contributed by atoms with Crippen molar-refractivity contribution in [1.82, 2.24) is 10.2 Å². The molecule has 1 saturated heterocycles. The number of halogens is 2. The number of nitrogens with zero attached hydrogens (tertiary/aromatic N) is 1. The number of carboxylic acid groups (broad SMARTS) is 1. The predicted octanol–water partition coefficient (Wildman–Crippen LogP) is 8.94. The monoisotopic (exact) mass is 782 g/mol. The molecule has 2 N–H and O–H groups in total. The van der Waals surface area contributed by atoms with E-state index < -0.39 is 38.4 Å². The first-order valence-corrected chi connectivity index (χ1v) is 22.8.